The zero-order chi connectivity index (χ0) is 20.6. The normalized spacial score (nSPS) is 12.9. The van der Waals surface area contributed by atoms with Gasteiger partial charge in [0, 0.05) is 18.6 Å². The first-order chi connectivity index (χ1) is 13.9. The summed E-state index contributed by atoms with van der Waals surface area (Å²) in [6.07, 6.45) is 5.82. The molecule has 0 fully saturated rings. The maximum absolute atomic E-state index is 12.9. The van der Waals surface area contributed by atoms with Crippen LogP contribution in [0.4, 0.5) is 5.69 Å². The number of aromatic nitrogens is 5. The summed E-state index contributed by atoms with van der Waals surface area (Å²) in [5.74, 6) is 0.421. The van der Waals surface area contributed by atoms with E-state index in [0.717, 1.165) is 5.39 Å². The molecule has 0 saturated heterocycles. The Morgan fingerprint density at radius 3 is 2.83 bits per heavy atom. The number of fused-ring (bicyclic) bond motifs is 1. The van der Waals surface area contributed by atoms with Crippen LogP contribution < -0.4 is 4.72 Å². The third-order valence-corrected chi connectivity index (χ3v) is 5.97. The van der Waals surface area contributed by atoms with Gasteiger partial charge in [-0.2, -0.15) is 10.2 Å². The Balaban J connectivity index is 1.66. The summed E-state index contributed by atoms with van der Waals surface area (Å²) in [5.41, 5.74) is 1.81. The summed E-state index contributed by atoms with van der Waals surface area (Å²) in [5, 5.41) is 19.1. The van der Waals surface area contributed by atoms with Gasteiger partial charge in [-0.05, 0) is 30.2 Å². The van der Waals surface area contributed by atoms with Crippen molar-refractivity contribution in [1.82, 2.24) is 24.5 Å². The van der Waals surface area contributed by atoms with Crippen LogP contribution in [0, 0.1) is 0 Å². The minimum absolute atomic E-state index is 0.0000792. The first-order valence-corrected chi connectivity index (χ1v) is 10.5. The van der Waals surface area contributed by atoms with E-state index in [-0.39, 0.29) is 4.90 Å². The molecule has 0 aliphatic carbocycles. The number of rotatable bonds is 6. The van der Waals surface area contributed by atoms with E-state index in [1.807, 2.05) is 13.0 Å². The lowest BCUT2D eigenvalue weighted by Gasteiger charge is -2.09. The lowest BCUT2D eigenvalue weighted by Crippen LogP contribution is -2.13. The van der Waals surface area contributed by atoms with Crippen LogP contribution in [0.1, 0.15) is 25.0 Å². The maximum atomic E-state index is 12.9. The molecular weight excluding hydrogens is 392 g/mol. The highest BCUT2D eigenvalue weighted by Crippen LogP contribution is 2.25. The van der Waals surface area contributed by atoms with Gasteiger partial charge in [0.25, 0.3) is 10.0 Å². The van der Waals surface area contributed by atoms with Crippen LogP contribution in [-0.4, -0.2) is 38.1 Å². The number of sulfonamides is 1. The largest absolute Gasteiger partial charge is 0.388 e. The van der Waals surface area contributed by atoms with Crippen molar-refractivity contribution in [2.24, 2.45) is 7.05 Å². The zero-order valence-electron chi connectivity index (χ0n) is 15.9. The first-order valence-electron chi connectivity index (χ1n) is 9.01. The highest BCUT2D eigenvalue weighted by atomic mass is 32.2. The number of aliphatic hydroxyl groups is 1. The summed E-state index contributed by atoms with van der Waals surface area (Å²) < 4.78 is 31.4. The molecule has 0 radical (unpaired) electrons. The van der Waals surface area contributed by atoms with E-state index in [9.17, 15) is 13.5 Å². The molecule has 29 heavy (non-hydrogen) atoms. The molecule has 4 rings (SSSR count). The van der Waals surface area contributed by atoms with Crippen molar-refractivity contribution in [2.45, 2.75) is 24.3 Å². The predicted molar refractivity (Wildman–Crippen MR) is 108 cm³/mol. The van der Waals surface area contributed by atoms with Crippen molar-refractivity contribution in [3.63, 3.8) is 0 Å². The van der Waals surface area contributed by atoms with Gasteiger partial charge in [-0.25, -0.2) is 18.1 Å². The van der Waals surface area contributed by atoms with Gasteiger partial charge in [-0.15, -0.1) is 0 Å². The first kappa shape index (κ1) is 19.1. The van der Waals surface area contributed by atoms with E-state index < -0.39 is 16.1 Å². The highest BCUT2D eigenvalue weighted by molar-refractivity contribution is 7.92. The van der Waals surface area contributed by atoms with Crippen molar-refractivity contribution >= 4 is 26.6 Å². The molecule has 0 spiro atoms. The van der Waals surface area contributed by atoms with E-state index in [1.54, 1.807) is 48.4 Å². The number of aliphatic hydroxyl groups excluding tert-OH is 1. The molecule has 150 valence electrons. The average molecular weight is 412 g/mol. The Morgan fingerprint density at radius 1 is 1.21 bits per heavy atom. The smallest absolute Gasteiger partial charge is 0.265 e. The molecule has 9 nitrogen and oxygen atoms in total. The summed E-state index contributed by atoms with van der Waals surface area (Å²) in [6, 6.07) is 8.71. The van der Waals surface area contributed by atoms with Gasteiger partial charge in [0.15, 0.2) is 5.82 Å². The lowest BCUT2D eigenvalue weighted by atomic mass is 10.1. The van der Waals surface area contributed by atoms with Gasteiger partial charge in [0.1, 0.15) is 4.90 Å². The summed E-state index contributed by atoms with van der Waals surface area (Å²) >= 11 is 0. The van der Waals surface area contributed by atoms with Crippen LogP contribution >= 0.6 is 0 Å². The number of aryl methyl sites for hydroxylation is 1. The SMILES string of the molecule is CC[C@H](O)c1ccnc(-n2cc(S(=O)(=O)Nc3cccc4cnn(C)c34)cn2)c1. The summed E-state index contributed by atoms with van der Waals surface area (Å²) in [7, 11) is -2.12. The molecule has 0 aliphatic rings. The summed E-state index contributed by atoms with van der Waals surface area (Å²) in [6.45, 7) is 1.87. The van der Waals surface area contributed by atoms with E-state index in [2.05, 4.69) is 19.9 Å². The van der Waals surface area contributed by atoms with Crippen LogP contribution in [0.15, 0.2) is 60.0 Å². The van der Waals surface area contributed by atoms with Gasteiger partial charge in [0.2, 0.25) is 0 Å². The Kier molecular flexibility index (Phi) is 4.81. The predicted octanol–water partition coefficient (Wildman–Crippen LogP) is 2.40. The molecule has 0 saturated carbocycles. The van der Waals surface area contributed by atoms with Crippen LogP contribution in [-0.2, 0) is 17.1 Å². The number of hydrogen-bond acceptors (Lipinski definition) is 6. The molecule has 1 aromatic carbocycles. The molecule has 0 unspecified atom stereocenters. The fraction of sp³-hybridized carbons (Fsp3) is 0.211. The Labute approximate surface area is 167 Å². The second-order valence-corrected chi connectivity index (χ2v) is 8.29. The van der Waals surface area contributed by atoms with Crippen LogP contribution in [0.5, 0.6) is 0 Å². The Bertz CT molecular complexity index is 1280. The molecule has 3 heterocycles. The zero-order valence-corrected chi connectivity index (χ0v) is 16.7. The second kappa shape index (κ2) is 7.30. The third-order valence-electron chi connectivity index (χ3n) is 4.65. The monoisotopic (exact) mass is 412 g/mol. The van der Waals surface area contributed by atoms with Crippen molar-refractivity contribution in [3.8, 4) is 5.82 Å². The van der Waals surface area contributed by atoms with Crippen molar-refractivity contribution in [1.29, 1.82) is 0 Å². The number of nitrogens with zero attached hydrogens (tertiary/aromatic N) is 5. The minimum Gasteiger partial charge on any atom is -0.388 e. The molecule has 2 N–H and O–H groups in total. The maximum Gasteiger partial charge on any atom is 0.265 e. The van der Waals surface area contributed by atoms with Gasteiger partial charge in [0.05, 0.1) is 35.9 Å². The third kappa shape index (κ3) is 3.59. The Hall–Kier alpha value is -3.24. The van der Waals surface area contributed by atoms with Crippen LogP contribution in [0.25, 0.3) is 16.7 Å². The average Bonchev–Trinajstić information content (AvgIpc) is 3.36. The van der Waals surface area contributed by atoms with Crippen molar-refractivity contribution in [3.05, 3.63) is 60.7 Å². The lowest BCUT2D eigenvalue weighted by molar-refractivity contribution is 0.173. The van der Waals surface area contributed by atoms with Crippen molar-refractivity contribution in [2.75, 3.05) is 4.72 Å². The number of para-hydroxylation sites is 1. The number of benzene rings is 1. The van der Waals surface area contributed by atoms with E-state index in [0.29, 0.717) is 29.0 Å². The van der Waals surface area contributed by atoms with Crippen LogP contribution in [0.2, 0.25) is 0 Å². The van der Waals surface area contributed by atoms with Gasteiger partial charge in [-0.3, -0.25) is 9.40 Å². The topological polar surface area (TPSA) is 115 Å². The molecule has 1 atom stereocenters. The minimum atomic E-state index is -3.87. The highest BCUT2D eigenvalue weighted by Gasteiger charge is 2.20. The van der Waals surface area contributed by atoms with E-state index in [1.165, 1.54) is 17.1 Å². The Morgan fingerprint density at radius 2 is 2.03 bits per heavy atom. The molecule has 4 aromatic rings. The molecular formula is C19H20N6O3S. The summed E-state index contributed by atoms with van der Waals surface area (Å²) in [4.78, 5) is 4.21. The fourth-order valence-corrected chi connectivity index (χ4v) is 4.09. The number of pyridine rings is 1. The molecule has 0 amide bonds. The molecule has 3 aromatic heterocycles. The van der Waals surface area contributed by atoms with Gasteiger partial charge in [-0.1, -0.05) is 19.1 Å². The molecule has 0 bridgehead atoms. The number of hydrogen-bond donors (Lipinski definition) is 2. The number of nitrogens with one attached hydrogen (secondary N) is 1. The van der Waals surface area contributed by atoms with Gasteiger partial charge >= 0.3 is 0 Å². The fourth-order valence-electron chi connectivity index (χ4n) is 3.09. The quantitative estimate of drug-likeness (QED) is 0.502. The second-order valence-electron chi connectivity index (χ2n) is 6.61. The van der Waals surface area contributed by atoms with Crippen LogP contribution in [0.3, 0.4) is 0 Å². The number of anilines is 1. The molecule has 10 heteroatoms. The van der Waals surface area contributed by atoms with Gasteiger partial charge < -0.3 is 5.11 Å². The van der Waals surface area contributed by atoms with Crippen molar-refractivity contribution < 1.29 is 13.5 Å². The molecule has 0 aliphatic heterocycles. The standard InChI is InChI=1S/C19H20N6O3S/c1-3-17(26)13-7-8-20-18(9-13)25-12-15(11-22-25)29(27,28)23-16-6-4-5-14-10-21-24(2)19(14)16/h4-12,17,23,26H,3H2,1-2H3/t17-/m0/s1. The van der Waals surface area contributed by atoms with E-state index in [4.69, 9.17) is 0 Å². The van der Waals surface area contributed by atoms with E-state index >= 15 is 0 Å².